The van der Waals surface area contributed by atoms with Gasteiger partial charge < -0.3 is 0 Å². The molecule has 0 radical (unpaired) electrons. The Morgan fingerprint density at radius 3 is 2.52 bits per heavy atom. The maximum absolute atomic E-state index is 12.7. The van der Waals surface area contributed by atoms with Gasteiger partial charge in [0.15, 0.2) is 5.13 Å². The van der Waals surface area contributed by atoms with Gasteiger partial charge in [-0.05, 0) is 25.5 Å². The van der Waals surface area contributed by atoms with Crippen molar-refractivity contribution in [1.82, 2.24) is 9.97 Å². The van der Waals surface area contributed by atoms with E-state index in [0.29, 0.717) is 10.0 Å². The van der Waals surface area contributed by atoms with Crippen molar-refractivity contribution in [2.45, 2.75) is 13.8 Å². The lowest BCUT2D eigenvalue weighted by atomic mass is 10.2. The first-order valence-electron chi connectivity index (χ1n) is 7.82. The monoisotopic (exact) mass is 365 g/mol. The van der Waals surface area contributed by atoms with E-state index >= 15 is 0 Å². The zero-order chi connectivity index (χ0) is 17.4. The molecule has 0 aliphatic rings. The lowest BCUT2D eigenvalue weighted by Gasteiger charge is -1.98. The Hall–Kier alpha value is -2.57. The molecule has 2 heterocycles. The average molecular weight is 365 g/mol. The fourth-order valence-corrected chi connectivity index (χ4v) is 4.51. The topological polar surface area (TPSA) is 54.9 Å². The maximum Gasteiger partial charge on any atom is 0.269 e. The van der Waals surface area contributed by atoms with Gasteiger partial charge in [-0.3, -0.25) is 10.1 Å². The number of hydrogen-bond donors (Lipinski definition) is 1. The number of anilines is 1. The first-order valence-corrected chi connectivity index (χ1v) is 9.45. The molecule has 25 heavy (non-hydrogen) atoms. The molecule has 0 aliphatic heterocycles. The number of para-hydroxylation sites is 1. The second-order valence-electron chi connectivity index (χ2n) is 5.69. The first-order chi connectivity index (χ1) is 12.1. The molecule has 1 amide bonds. The van der Waals surface area contributed by atoms with Crippen molar-refractivity contribution >= 4 is 43.9 Å². The summed E-state index contributed by atoms with van der Waals surface area (Å²) in [5.41, 5.74) is 3.80. The summed E-state index contributed by atoms with van der Waals surface area (Å²) in [7, 11) is 0. The van der Waals surface area contributed by atoms with Crippen LogP contribution in [-0.4, -0.2) is 15.9 Å². The van der Waals surface area contributed by atoms with E-state index in [1.54, 1.807) is 0 Å². The smallest absolute Gasteiger partial charge is 0.269 e. The number of hydrogen-bond acceptors (Lipinski definition) is 5. The summed E-state index contributed by atoms with van der Waals surface area (Å²) in [5.74, 6) is -0.158. The summed E-state index contributed by atoms with van der Waals surface area (Å²) < 4.78 is 1.07. The second-order valence-corrected chi connectivity index (χ2v) is 7.72. The highest BCUT2D eigenvalue weighted by Gasteiger charge is 2.18. The SMILES string of the molecule is Cc1nc(-c2ccccc2)sc1C(=O)Nc1nc2c(C)cccc2s1. The van der Waals surface area contributed by atoms with Crippen LogP contribution in [0.1, 0.15) is 20.9 Å². The average Bonchev–Trinajstić information content (AvgIpc) is 3.20. The van der Waals surface area contributed by atoms with Gasteiger partial charge in [-0.15, -0.1) is 11.3 Å². The number of nitrogens with one attached hydrogen (secondary N) is 1. The molecule has 4 nitrogen and oxygen atoms in total. The summed E-state index contributed by atoms with van der Waals surface area (Å²) in [6, 6.07) is 15.9. The van der Waals surface area contributed by atoms with Gasteiger partial charge in [-0.2, -0.15) is 0 Å². The molecule has 0 unspecified atom stereocenters. The molecule has 0 saturated heterocycles. The first kappa shape index (κ1) is 15.9. The molecule has 0 fully saturated rings. The number of rotatable bonds is 3. The summed E-state index contributed by atoms with van der Waals surface area (Å²) in [6.45, 7) is 3.88. The molecule has 4 aromatic rings. The number of amides is 1. The van der Waals surface area contributed by atoms with E-state index in [2.05, 4.69) is 15.3 Å². The van der Waals surface area contributed by atoms with Gasteiger partial charge in [0.25, 0.3) is 5.91 Å². The van der Waals surface area contributed by atoms with Gasteiger partial charge in [0.05, 0.1) is 15.9 Å². The molecular formula is C19H15N3OS2. The minimum atomic E-state index is -0.158. The summed E-state index contributed by atoms with van der Waals surface area (Å²) >= 11 is 2.89. The minimum Gasteiger partial charge on any atom is -0.297 e. The van der Waals surface area contributed by atoms with Crippen molar-refractivity contribution in [1.29, 1.82) is 0 Å². The molecule has 0 saturated carbocycles. The van der Waals surface area contributed by atoms with Gasteiger partial charge in [0.2, 0.25) is 0 Å². The number of aryl methyl sites for hydroxylation is 2. The van der Waals surface area contributed by atoms with Crippen molar-refractivity contribution in [3.05, 3.63) is 64.7 Å². The van der Waals surface area contributed by atoms with Gasteiger partial charge in [0.1, 0.15) is 9.88 Å². The summed E-state index contributed by atoms with van der Waals surface area (Å²) in [6.07, 6.45) is 0. The molecule has 2 aromatic heterocycles. The number of fused-ring (bicyclic) bond motifs is 1. The third-order valence-corrected chi connectivity index (χ3v) is 6.01. The highest BCUT2D eigenvalue weighted by molar-refractivity contribution is 7.22. The van der Waals surface area contributed by atoms with Gasteiger partial charge in [-0.1, -0.05) is 53.8 Å². The maximum atomic E-state index is 12.7. The third kappa shape index (κ3) is 3.06. The van der Waals surface area contributed by atoms with Crippen molar-refractivity contribution in [2.24, 2.45) is 0 Å². The number of carbonyl (C=O) groups is 1. The Kier molecular flexibility index (Phi) is 4.07. The Labute approximate surface area is 153 Å². The van der Waals surface area contributed by atoms with Crippen LogP contribution in [0.4, 0.5) is 5.13 Å². The van der Waals surface area contributed by atoms with Crippen LogP contribution in [-0.2, 0) is 0 Å². The van der Waals surface area contributed by atoms with Crippen LogP contribution in [0.25, 0.3) is 20.8 Å². The van der Waals surface area contributed by atoms with Crippen molar-refractivity contribution in [3.63, 3.8) is 0 Å². The third-order valence-electron chi connectivity index (χ3n) is 3.86. The van der Waals surface area contributed by atoms with Crippen molar-refractivity contribution in [2.75, 3.05) is 5.32 Å². The number of carbonyl (C=O) groups excluding carboxylic acids is 1. The minimum absolute atomic E-state index is 0.158. The van der Waals surface area contributed by atoms with Crippen molar-refractivity contribution in [3.8, 4) is 10.6 Å². The van der Waals surface area contributed by atoms with E-state index in [9.17, 15) is 4.79 Å². The molecule has 6 heteroatoms. The zero-order valence-corrected chi connectivity index (χ0v) is 15.4. The van der Waals surface area contributed by atoms with Crippen LogP contribution >= 0.6 is 22.7 Å². The van der Waals surface area contributed by atoms with Crippen LogP contribution in [0.15, 0.2) is 48.5 Å². The van der Waals surface area contributed by atoms with Crippen LogP contribution in [0.2, 0.25) is 0 Å². The normalized spacial score (nSPS) is 11.0. The van der Waals surface area contributed by atoms with E-state index in [0.717, 1.165) is 32.0 Å². The van der Waals surface area contributed by atoms with Gasteiger partial charge >= 0.3 is 0 Å². The molecule has 1 N–H and O–H groups in total. The molecular weight excluding hydrogens is 350 g/mol. The van der Waals surface area contributed by atoms with E-state index < -0.39 is 0 Å². The van der Waals surface area contributed by atoms with Crippen LogP contribution in [0.5, 0.6) is 0 Å². The van der Waals surface area contributed by atoms with E-state index in [-0.39, 0.29) is 5.91 Å². The van der Waals surface area contributed by atoms with Gasteiger partial charge in [-0.25, -0.2) is 9.97 Å². The molecule has 124 valence electrons. The fourth-order valence-electron chi connectivity index (χ4n) is 2.60. The summed E-state index contributed by atoms with van der Waals surface area (Å²) in [5, 5.41) is 4.38. The number of nitrogens with zero attached hydrogens (tertiary/aromatic N) is 2. The standard InChI is InChI=1S/C19H15N3OS2/c1-11-7-6-10-14-15(11)21-19(24-14)22-17(23)16-12(2)20-18(25-16)13-8-4-3-5-9-13/h3-10H,1-2H3,(H,21,22,23). The van der Waals surface area contributed by atoms with E-state index in [4.69, 9.17) is 0 Å². The number of benzene rings is 2. The Balaban J connectivity index is 1.62. The molecule has 2 aromatic carbocycles. The van der Waals surface area contributed by atoms with Gasteiger partial charge in [0, 0.05) is 5.56 Å². The Morgan fingerprint density at radius 1 is 0.960 bits per heavy atom. The Morgan fingerprint density at radius 2 is 1.76 bits per heavy atom. The predicted molar refractivity (Wildman–Crippen MR) is 105 cm³/mol. The van der Waals surface area contributed by atoms with Crippen LogP contribution in [0.3, 0.4) is 0 Å². The number of thiazole rings is 2. The van der Waals surface area contributed by atoms with Crippen LogP contribution < -0.4 is 5.32 Å². The lowest BCUT2D eigenvalue weighted by molar-refractivity contribution is 0.103. The molecule has 4 rings (SSSR count). The largest absolute Gasteiger partial charge is 0.297 e. The van der Waals surface area contributed by atoms with Crippen molar-refractivity contribution < 1.29 is 4.79 Å². The predicted octanol–water partition coefficient (Wildman–Crippen LogP) is 5.29. The number of aromatic nitrogens is 2. The highest BCUT2D eigenvalue weighted by atomic mass is 32.1. The zero-order valence-electron chi connectivity index (χ0n) is 13.7. The molecule has 0 aliphatic carbocycles. The van der Waals surface area contributed by atoms with Crippen LogP contribution in [0, 0.1) is 13.8 Å². The van der Waals surface area contributed by atoms with E-state index in [1.165, 1.54) is 22.7 Å². The Bertz CT molecular complexity index is 1070. The summed E-state index contributed by atoms with van der Waals surface area (Å²) in [4.78, 5) is 22.4. The molecule has 0 atom stereocenters. The lowest BCUT2D eigenvalue weighted by Crippen LogP contribution is -2.11. The highest BCUT2D eigenvalue weighted by Crippen LogP contribution is 2.31. The quantitative estimate of drug-likeness (QED) is 0.537. The fraction of sp³-hybridized carbons (Fsp3) is 0.105. The second kappa shape index (κ2) is 6.38. The molecule has 0 spiro atoms. The van der Waals surface area contributed by atoms with E-state index in [1.807, 2.05) is 62.4 Å². The molecule has 0 bridgehead atoms.